The van der Waals surface area contributed by atoms with Crippen LogP contribution in [-0.2, 0) is 6.61 Å². The quantitative estimate of drug-likeness (QED) is 0.738. The SMILES string of the molecule is Cc1nn(-c2ccccc2)c(COc2cccc(C#N)c2)c1C#N. The van der Waals surface area contributed by atoms with Crippen LogP contribution >= 0.6 is 0 Å². The Morgan fingerprint density at radius 1 is 1.04 bits per heavy atom. The van der Waals surface area contributed by atoms with Crippen molar-refractivity contribution in [3.8, 4) is 23.6 Å². The van der Waals surface area contributed by atoms with Crippen LogP contribution in [0.5, 0.6) is 5.75 Å². The normalized spacial score (nSPS) is 9.96. The molecule has 1 heterocycles. The Morgan fingerprint density at radius 3 is 2.54 bits per heavy atom. The zero-order chi connectivity index (χ0) is 16.9. The molecule has 116 valence electrons. The molecule has 0 saturated carbocycles. The molecule has 5 nitrogen and oxygen atoms in total. The molecule has 3 aromatic rings. The van der Waals surface area contributed by atoms with Gasteiger partial charge in [0.2, 0.25) is 0 Å². The molecule has 0 N–H and O–H groups in total. The number of rotatable bonds is 4. The lowest BCUT2D eigenvalue weighted by atomic mass is 10.2. The van der Waals surface area contributed by atoms with E-state index in [0.29, 0.717) is 28.3 Å². The number of aryl methyl sites for hydroxylation is 1. The van der Waals surface area contributed by atoms with E-state index in [9.17, 15) is 5.26 Å². The zero-order valence-corrected chi connectivity index (χ0v) is 13.1. The summed E-state index contributed by atoms with van der Waals surface area (Å²) >= 11 is 0. The molecule has 0 saturated heterocycles. The van der Waals surface area contributed by atoms with Crippen molar-refractivity contribution in [2.24, 2.45) is 0 Å². The Labute approximate surface area is 140 Å². The van der Waals surface area contributed by atoms with E-state index in [1.54, 1.807) is 35.9 Å². The Balaban J connectivity index is 1.95. The second-order valence-electron chi connectivity index (χ2n) is 5.19. The molecule has 0 radical (unpaired) electrons. The molecule has 0 aliphatic carbocycles. The third kappa shape index (κ3) is 2.97. The molecule has 5 heteroatoms. The maximum Gasteiger partial charge on any atom is 0.132 e. The smallest absolute Gasteiger partial charge is 0.132 e. The Kier molecular flexibility index (Phi) is 4.27. The topological polar surface area (TPSA) is 74.6 Å². The second kappa shape index (κ2) is 6.68. The van der Waals surface area contributed by atoms with Gasteiger partial charge in [-0.2, -0.15) is 15.6 Å². The van der Waals surface area contributed by atoms with Crippen molar-refractivity contribution in [3.05, 3.63) is 77.1 Å². The number of nitrogens with zero attached hydrogens (tertiary/aromatic N) is 4. The van der Waals surface area contributed by atoms with E-state index in [4.69, 9.17) is 10.00 Å². The standard InChI is InChI=1S/C19H14N4O/c1-14-18(12-21)19(23(22-14)16-7-3-2-4-8-16)13-24-17-9-5-6-15(10-17)11-20/h2-10H,13H2,1H3. The van der Waals surface area contributed by atoms with Gasteiger partial charge in [0.15, 0.2) is 0 Å². The van der Waals surface area contributed by atoms with E-state index in [0.717, 1.165) is 5.69 Å². The number of hydrogen-bond donors (Lipinski definition) is 0. The highest BCUT2D eigenvalue weighted by atomic mass is 16.5. The maximum atomic E-state index is 9.44. The highest BCUT2D eigenvalue weighted by Crippen LogP contribution is 2.21. The Morgan fingerprint density at radius 2 is 1.83 bits per heavy atom. The van der Waals surface area contributed by atoms with Crippen molar-refractivity contribution in [2.75, 3.05) is 0 Å². The number of para-hydroxylation sites is 1. The third-order valence-electron chi connectivity index (χ3n) is 3.61. The molecule has 0 spiro atoms. The minimum Gasteiger partial charge on any atom is -0.487 e. The molecule has 0 atom stereocenters. The monoisotopic (exact) mass is 314 g/mol. The van der Waals surface area contributed by atoms with E-state index in [-0.39, 0.29) is 6.61 Å². The third-order valence-corrected chi connectivity index (χ3v) is 3.61. The molecule has 0 aliphatic rings. The van der Waals surface area contributed by atoms with Crippen molar-refractivity contribution in [1.29, 1.82) is 10.5 Å². The van der Waals surface area contributed by atoms with Crippen molar-refractivity contribution in [1.82, 2.24) is 9.78 Å². The van der Waals surface area contributed by atoms with Gasteiger partial charge in [-0.05, 0) is 37.3 Å². The summed E-state index contributed by atoms with van der Waals surface area (Å²) in [6.45, 7) is 1.99. The molecule has 24 heavy (non-hydrogen) atoms. The lowest BCUT2D eigenvalue weighted by molar-refractivity contribution is 0.297. The average Bonchev–Trinajstić information content (AvgIpc) is 2.96. The number of aromatic nitrogens is 2. The largest absolute Gasteiger partial charge is 0.487 e. The average molecular weight is 314 g/mol. The molecular formula is C19H14N4O. The lowest BCUT2D eigenvalue weighted by Gasteiger charge is -2.10. The molecule has 0 bridgehead atoms. The van der Waals surface area contributed by atoms with Crippen LogP contribution in [0.3, 0.4) is 0 Å². The van der Waals surface area contributed by atoms with E-state index in [1.165, 1.54) is 0 Å². The summed E-state index contributed by atoms with van der Waals surface area (Å²) in [6.07, 6.45) is 0. The first-order chi connectivity index (χ1) is 11.7. The first kappa shape index (κ1) is 15.3. The van der Waals surface area contributed by atoms with Crippen molar-refractivity contribution in [2.45, 2.75) is 13.5 Å². The fraction of sp³-hybridized carbons (Fsp3) is 0.105. The van der Waals surface area contributed by atoms with Gasteiger partial charge in [-0.1, -0.05) is 24.3 Å². The molecule has 3 rings (SSSR count). The van der Waals surface area contributed by atoms with Crippen LogP contribution in [-0.4, -0.2) is 9.78 Å². The minimum atomic E-state index is 0.188. The van der Waals surface area contributed by atoms with Crippen LogP contribution in [0.1, 0.15) is 22.5 Å². The molecule has 0 amide bonds. The highest BCUT2D eigenvalue weighted by Gasteiger charge is 2.17. The molecule has 0 unspecified atom stereocenters. The molecule has 0 aliphatic heterocycles. The van der Waals surface area contributed by atoms with E-state index in [1.807, 2.05) is 30.3 Å². The summed E-state index contributed by atoms with van der Waals surface area (Å²) in [5, 5.41) is 22.9. The van der Waals surface area contributed by atoms with Crippen LogP contribution in [0.15, 0.2) is 54.6 Å². The summed E-state index contributed by atoms with van der Waals surface area (Å²) in [5.41, 5.74) is 3.25. The van der Waals surface area contributed by atoms with Crippen LogP contribution in [0.2, 0.25) is 0 Å². The first-order valence-electron chi connectivity index (χ1n) is 7.40. The van der Waals surface area contributed by atoms with E-state index < -0.39 is 0 Å². The van der Waals surface area contributed by atoms with Gasteiger partial charge >= 0.3 is 0 Å². The molecule has 0 fully saturated rings. The lowest BCUT2D eigenvalue weighted by Crippen LogP contribution is -2.07. The number of benzene rings is 2. The van der Waals surface area contributed by atoms with Gasteiger partial charge in [0.25, 0.3) is 0 Å². The fourth-order valence-corrected chi connectivity index (χ4v) is 2.44. The van der Waals surface area contributed by atoms with Crippen LogP contribution in [0, 0.1) is 29.6 Å². The van der Waals surface area contributed by atoms with Gasteiger partial charge in [-0.25, -0.2) is 4.68 Å². The van der Waals surface area contributed by atoms with Gasteiger partial charge in [-0.15, -0.1) is 0 Å². The van der Waals surface area contributed by atoms with E-state index >= 15 is 0 Å². The predicted molar refractivity (Wildman–Crippen MR) is 88.5 cm³/mol. The van der Waals surface area contributed by atoms with Crippen molar-refractivity contribution < 1.29 is 4.74 Å². The van der Waals surface area contributed by atoms with Gasteiger partial charge in [0, 0.05) is 0 Å². The minimum absolute atomic E-state index is 0.188. The fourth-order valence-electron chi connectivity index (χ4n) is 2.44. The van der Waals surface area contributed by atoms with E-state index in [2.05, 4.69) is 17.2 Å². The van der Waals surface area contributed by atoms with Gasteiger partial charge in [0.1, 0.15) is 24.0 Å². The summed E-state index contributed by atoms with van der Waals surface area (Å²) in [7, 11) is 0. The Hall–Kier alpha value is -3.57. The number of ether oxygens (including phenoxy) is 1. The maximum absolute atomic E-state index is 9.44. The summed E-state index contributed by atoms with van der Waals surface area (Å²) < 4.78 is 7.51. The predicted octanol–water partition coefficient (Wildman–Crippen LogP) is 3.50. The summed E-state index contributed by atoms with van der Waals surface area (Å²) in [5.74, 6) is 0.580. The summed E-state index contributed by atoms with van der Waals surface area (Å²) in [4.78, 5) is 0. The van der Waals surface area contributed by atoms with Crippen molar-refractivity contribution in [3.63, 3.8) is 0 Å². The van der Waals surface area contributed by atoms with Crippen LogP contribution in [0.25, 0.3) is 5.69 Å². The zero-order valence-electron chi connectivity index (χ0n) is 13.1. The number of hydrogen-bond acceptors (Lipinski definition) is 4. The Bertz CT molecular complexity index is 946. The van der Waals surface area contributed by atoms with Crippen LogP contribution < -0.4 is 4.74 Å². The second-order valence-corrected chi connectivity index (χ2v) is 5.19. The van der Waals surface area contributed by atoms with Crippen LogP contribution in [0.4, 0.5) is 0 Å². The highest BCUT2D eigenvalue weighted by molar-refractivity contribution is 5.43. The van der Waals surface area contributed by atoms with Gasteiger partial charge in [0.05, 0.1) is 28.7 Å². The molecular weight excluding hydrogens is 300 g/mol. The molecule has 2 aromatic carbocycles. The summed E-state index contributed by atoms with van der Waals surface area (Å²) in [6, 6.07) is 20.8. The molecule has 1 aromatic heterocycles. The number of nitriles is 2. The van der Waals surface area contributed by atoms with Crippen molar-refractivity contribution >= 4 is 0 Å². The van der Waals surface area contributed by atoms with Gasteiger partial charge < -0.3 is 4.74 Å². The first-order valence-corrected chi connectivity index (χ1v) is 7.40. The van der Waals surface area contributed by atoms with Gasteiger partial charge in [-0.3, -0.25) is 0 Å².